The first-order chi connectivity index (χ1) is 7.27. The lowest BCUT2D eigenvalue weighted by atomic mass is 10.2. The molecule has 82 valence electrons. The van der Waals surface area contributed by atoms with Gasteiger partial charge in [0.15, 0.2) is 0 Å². The van der Waals surface area contributed by atoms with Gasteiger partial charge in [0.05, 0.1) is 0 Å². The van der Waals surface area contributed by atoms with Crippen LogP contribution in [0.5, 0.6) is 0 Å². The summed E-state index contributed by atoms with van der Waals surface area (Å²) in [7, 11) is 0. The molecule has 4 nitrogen and oxygen atoms in total. The number of rotatable bonds is 2. The minimum absolute atomic E-state index is 0.0191. The predicted octanol–water partition coefficient (Wildman–Crippen LogP) is 1.36. The van der Waals surface area contributed by atoms with Crippen LogP contribution in [0.4, 0.5) is 4.79 Å². The Morgan fingerprint density at radius 1 is 0.933 bits per heavy atom. The average molecular weight is 208 g/mol. The van der Waals surface area contributed by atoms with E-state index in [9.17, 15) is 9.59 Å². The zero-order chi connectivity index (χ0) is 10.4. The first-order valence-corrected chi connectivity index (χ1v) is 5.90. The number of carbonyl (C=O) groups is 2. The van der Waals surface area contributed by atoms with Gasteiger partial charge < -0.3 is 4.90 Å². The van der Waals surface area contributed by atoms with Gasteiger partial charge in [-0.25, -0.2) is 4.79 Å². The van der Waals surface area contributed by atoms with Crippen LogP contribution in [0, 0.1) is 0 Å². The lowest BCUT2D eigenvalue weighted by Gasteiger charge is -2.22. The number of hydrogen-bond donors (Lipinski definition) is 0. The van der Waals surface area contributed by atoms with E-state index in [1.807, 2.05) is 0 Å². The van der Waals surface area contributed by atoms with E-state index in [1.165, 1.54) is 17.7 Å². The quantitative estimate of drug-likeness (QED) is 0.643. The van der Waals surface area contributed by atoms with Gasteiger partial charge in [0.25, 0.3) is 5.91 Å². The van der Waals surface area contributed by atoms with E-state index in [1.54, 1.807) is 4.90 Å². The molecule has 0 spiro atoms. The SMILES string of the molecule is O=C1CN(C2CCCC2)C(=O)N1C1CC1. The van der Waals surface area contributed by atoms with Crippen molar-refractivity contribution in [3.63, 3.8) is 0 Å². The maximum Gasteiger partial charge on any atom is 0.327 e. The maximum absolute atomic E-state index is 12.0. The summed E-state index contributed by atoms with van der Waals surface area (Å²) in [6, 6.07) is 0.552. The molecule has 0 aromatic rings. The molecule has 0 bridgehead atoms. The first-order valence-electron chi connectivity index (χ1n) is 5.90. The summed E-state index contributed by atoms with van der Waals surface area (Å²) in [5.74, 6) is 0.0226. The topological polar surface area (TPSA) is 40.6 Å². The summed E-state index contributed by atoms with van der Waals surface area (Å²) in [5, 5.41) is 0. The molecule has 3 rings (SSSR count). The zero-order valence-corrected chi connectivity index (χ0v) is 8.82. The number of amides is 3. The van der Waals surface area contributed by atoms with Crippen LogP contribution < -0.4 is 0 Å². The van der Waals surface area contributed by atoms with Crippen molar-refractivity contribution in [3.05, 3.63) is 0 Å². The number of nitrogens with zero attached hydrogens (tertiary/aromatic N) is 2. The van der Waals surface area contributed by atoms with E-state index in [-0.39, 0.29) is 18.0 Å². The van der Waals surface area contributed by atoms with Crippen molar-refractivity contribution in [1.82, 2.24) is 9.80 Å². The van der Waals surface area contributed by atoms with E-state index in [4.69, 9.17) is 0 Å². The van der Waals surface area contributed by atoms with E-state index >= 15 is 0 Å². The molecule has 0 aromatic heterocycles. The Bertz CT molecular complexity index is 306. The van der Waals surface area contributed by atoms with Gasteiger partial charge >= 0.3 is 6.03 Å². The molecule has 3 fully saturated rings. The van der Waals surface area contributed by atoms with Crippen molar-refractivity contribution in [2.75, 3.05) is 6.54 Å². The second kappa shape index (κ2) is 3.22. The van der Waals surface area contributed by atoms with Crippen LogP contribution in [-0.2, 0) is 4.79 Å². The smallest absolute Gasteiger partial charge is 0.312 e. The monoisotopic (exact) mass is 208 g/mol. The molecule has 1 aliphatic heterocycles. The number of hydrogen-bond acceptors (Lipinski definition) is 2. The Morgan fingerprint density at radius 2 is 1.60 bits per heavy atom. The van der Waals surface area contributed by atoms with E-state index in [2.05, 4.69) is 0 Å². The van der Waals surface area contributed by atoms with Gasteiger partial charge in [0.2, 0.25) is 0 Å². The van der Waals surface area contributed by atoms with Crippen LogP contribution in [0.25, 0.3) is 0 Å². The Kier molecular flexibility index (Phi) is 1.97. The van der Waals surface area contributed by atoms with E-state index in [0.717, 1.165) is 25.7 Å². The van der Waals surface area contributed by atoms with Gasteiger partial charge in [-0.15, -0.1) is 0 Å². The molecule has 0 radical (unpaired) electrons. The summed E-state index contributed by atoms with van der Waals surface area (Å²) in [4.78, 5) is 27.0. The van der Waals surface area contributed by atoms with E-state index < -0.39 is 0 Å². The lowest BCUT2D eigenvalue weighted by molar-refractivity contribution is -0.125. The highest BCUT2D eigenvalue weighted by molar-refractivity contribution is 6.02. The van der Waals surface area contributed by atoms with Crippen molar-refractivity contribution in [2.45, 2.75) is 50.6 Å². The molecule has 0 atom stereocenters. The van der Waals surface area contributed by atoms with Gasteiger partial charge in [-0.05, 0) is 25.7 Å². The molecule has 0 N–H and O–H groups in total. The normalized spacial score (nSPS) is 28.3. The van der Waals surface area contributed by atoms with Gasteiger partial charge in [-0.1, -0.05) is 12.8 Å². The van der Waals surface area contributed by atoms with Crippen LogP contribution in [0.2, 0.25) is 0 Å². The Morgan fingerprint density at radius 3 is 2.20 bits per heavy atom. The van der Waals surface area contributed by atoms with Gasteiger partial charge in [0.1, 0.15) is 6.54 Å². The maximum atomic E-state index is 12.0. The molecule has 4 heteroatoms. The molecule has 2 saturated carbocycles. The summed E-state index contributed by atoms with van der Waals surface area (Å²) in [6.07, 6.45) is 6.58. The van der Waals surface area contributed by atoms with E-state index in [0.29, 0.717) is 12.6 Å². The minimum Gasteiger partial charge on any atom is -0.312 e. The molecule has 1 heterocycles. The van der Waals surface area contributed by atoms with Gasteiger partial charge in [-0.2, -0.15) is 0 Å². The third-order valence-corrected chi connectivity index (χ3v) is 3.70. The molecule has 3 amide bonds. The van der Waals surface area contributed by atoms with Crippen molar-refractivity contribution < 1.29 is 9.59 Å². The van der Waals surface area contributed by atoms with Gasteiger partial charge in [-0.3, -0.25) is 9.69 Å². The van der Waals surface area contributed by atoms with Crippen LogP contribution in [0.1, 0.15) is 38.5 Å². The number of urea groups is 1. The zero-order valence-electron chi connectivity index (χ0n) is 8.82. The highest BCUT2D eigenvalue weighted by Crippen LogP contribution is 2.33. The third kappa shape index (κ3) is 1.43. The average Bonchev–Trinajstić information content (AvgIpc) is 2.79. The largest absolute Gasteiger partial charge is 0.327 e. The fourth-order valence-electron chi connectivity index (χ4n) is 2.73. The summed E-state index contributed by atoms with van der Waals surface area (Å²) in [5.41, 5.74) is 0. The molecule has 1 saturated heterocycles. The molecule has 15 heavy (non-hydrogen) atoms. The molecular formula is C11H16N2O2. The molecule has 0 aromatic carbocycles. The second-order valence-corrected chi connectivity index (χ2v) is 4.84. The Hall–Kier alpha value is -1.06. The fraction of sp³-hybridized carbons (Fsp3) is 0.818. The molecule has 2 aliphatic carbocycles. The predicted molar refractivity (Wildman–Crippen MR) is 54.2 cm³/mol. The molecular weight excluding hydrogens is 192 g/mol. The van der Waals surface area contributed by atoms with Crippen molar-refractivity contribution in [3.8, 4) is 0 Å². The first kappa shape index (κ1) is 9.19. The highest BCUT2D eigenvalue weighted by atomic mass is 16.2. The molecule has 0 unspecified atom stereocenters. The lowest BCUT2D eigenvalue weighted by Crippen LogP contribution is -2.38. The standard InChI is InChI=1S/C11H16N2O2/c14-10-7-12(8-3-1-2-4-8)11(15)13(10)9-5-6-9/h8-9H,1-7H2. The van der Waals surface area contributed by atoms with Crippen molar-refractivity contribution in [1.29, 1.82) is 0 Å². The second-order valence-electron chi connectivity index (χ2n) is 4.84. The summed E-state index contributed by atoms with van der Waals surface area (Å²) >= 11 is 0. The number of imide groups is 1. The molecule has 3 aliphatic rings. The minimum atomic E-state index is -0.0191. The Labute approximate surface area is 89.2 Å². The van der Waals surface area contributed by atoms with Crippen LogP contribution in [0.3, 0.4) is 0 Å². The highest BCUT2D eigenvalue weighted by Gasteiger charge is 2.46. The Balaban J connectivity index is 1.75. The number of carbonyl (C=O) groups excluding carboxylic acids is 2. The summed E-state index contributed by atoms with van der Waals surface area (Å²) in [6.45, 7) is 0.333. The van der Waals surface area contributed by atoms with Crippen molar-refractivity contribution >= 4 is 11.9 Å². The van der Waals surface area contributed by atoms with Crippen molar-refractivity contribution in [2.24, 2.45) is 0 Å². The van der Waals surface area contributed by atoms with Gasteiger partial charge in [0, 0.05) is 12.1 Å². The van der Waals surface area contributed by atoms with Crippen LogP contribution >= 0.6 is 0 Å². The summed E-state index contributed by atoms with van der Waals surface area (Å²) < 4.78 is 0. The van der Waals surface area contributed by atoms with Crippen LogP contribution in [0.15, 0.2) is 0 Å². The third-order valence-electron chi connectivity index (χ3n) is 3.70. The fourth-order valence-corrected chi connectivity index (χ4v) is 2.73. The van der Waals surface area contributed by atoms with Crippen LogP contribution in [-0.4, -0.2) is 40.4 Å².